The van der Waals surface area contributed by atoms with Crippen molar-refractivity contribution in [3.63, 3.8) is 0 Å². The summed E-state index contributed by atoms with van der Waals surface area (Å²) >= 11 is 2.95. The molecule has 0 heterocycles. The standard InChI is InChI=1S/C13H7BrF3NO/c14-12-8(2-1-3-10(12)16)13(19)18-7-4-5-9(15)11(17)6-7/h1-6H,(H,18,19). The molecule has 2 nitrogen and oxygen atoms in total. The molecule has 0 unspecified atom stereocenters. The number of carbonyl (C=O) groups excluding carboxylic acids is 1. The zero-order chi connectivity index (χ0) is 14.0. The quantitative estimate of drug-likeness (QED) is 0.882. The first kappa shape index (κ1) is 13.6. The largest absolute Gasteiger partial charge is 0.322 e. The first-order valence-electron chi connectivity index (χ1n) is 5.19. The number of nitrogens with one attached hydrogen (secondary N) is 1. The van der Waals surface area contributed by atoms with E-state index in [1.54, 1.807) is 0 Å². The minimum absolute atomic E-state index is 0.00934. The van der Waals surface area contributed by atoms with Gasteiger partial charge in [-0.2, -0.15) is 0 Å². The SMILES string of the molecule is O=C(Nc1ccc(F)c(F)c1)c1cccc(F)c1Br. The highest BCUT2D eigenvalue weighted by Crippen LogP contribution is 2.22. The molecular weight excluding hydrogens is 323 g/mol. The third-order valence-electron chi connectivity index (χ3n) is 2.37. The second-order valence-electron chi connectivity index (χ2n) is 3.68. The molecule has 2 aromatic rings. The molecule has 0 spiro atoms. The van der Waals surface area contributed by atoms with Crippen molar-refractivity contribution < 1.29 is 18.0 Å². The van der Waals surface area contributed by atoms with Crippen LogP contribution in [0.25, 0.3) is 0 Å². The molecule has 0 radical (unpaired) electrons. The fourth-order valence-corrected chi connectivity index (χ4v) is 1.90. The summed E-state index contributed by atoms with van der Waals surface area (Å²) < 4.78 is 39.0. The van der Waals surface area contributed by atoms with E-state index in [0.29, 0.717) is 0 Å². The van der Waals surface area contributed by atoms with Gasteiger partial charge in [-0.05, 0) is 40.2 Å². The number of anilines is 1. The third kappa shape index (κ3) is 2.96. The summed E-state index contributed by atoms with van der Waals surface area (Å²) in [5.74, 6) is -3.30. The molecule has 0 fully saturated rings. The molecule has 0 aliphatic heterocycles. The van der Waals surface area contributed by atoms with Gasteiger partial charge < -0.3 is 5.32 Å². The molecule has 0 aromatic heterocycles. The van der Waals surface area contributed by atoms with Crippen LogP contribution >= 0.6 is 15.9 Å². The summed E-state index contributed by atoms with van der Waals surface area (Å²) in [6.45, 7) is 0. The minimum Gasteiger partial charge on any atom is -0.322 e. The number of benzene rings is 2. The number of carbonyl (C=O) groups is 1. The monoisotopic (exact) mass is 329 g/mol. The van der Waals surface area contributed by atoms with Crippen molar-refractivity contribution in [2.75, 3.05) is 5.32 Å². The van der Waals surface area contributed by atoms with Gasteiger partial charge in [0, 0.05) is 11.8 Å². The van der Waals surface area contributed by atoms with Crippen molar-refractivity contribution in [3.05, 3.63) is 63.9 Å². The molecule has 19 heavy (non-hydrogen) atoms. The number of hydrogen-bond acceptors (Lipinski definition) is 1. The van der Waals surface area contributed by atoms with E-state index in [1.807, 2.05) is 0 Å². The highest BCUT2D eigenvalue weighted by Gasteiger charge is 2.13. The Bertz CT molecular complexity index is 646. The lowest BCUT2D eigenvalue weighted by Gasteiger charge is -2.07. The summed E-state index contributed by atoms with van der Waals surface area (Å²) in [7, 11) is 0. The van der Waals surface area contributed by atoms with Crippen LogP contribution in [0.4, 0.5) is 18.9 Å². The molecule has 0 saturated carbocycles. The zero-order valence-electron chi connectivity index (χ0n) is 9.38. The van der Waals surface area contributed by atoms with Gasteiger partial charge in [0.15, 0.2) is 11.6 Å². The van der Waals surface area contributed by atoms with Crippen molar-refractivity contribution in [1.82, 2.24) is 0 Å². The molecule has 2 rings (SSSR count). The van der Waals surface area contributed by atoms with Gasteiger partial charge in [-0.25, -0.2) is 13.2 Å². The Morgan fingerprint density at radius 3 is 2.42 bits per heavy atom. The summed E-state index contributed by atoms with van der Waals surface area (Å²) in [4.78, 5) is 11.9. The van der Waals surface area contributed by atoms with Crippen LogP contribution in [0.1, 0.15) is 10.4 Å². The van der Waals surface area contributed by atoms with E-state index >= 15 is 0 Å². The van der Waals surface area contributed by atoms with Crippen LogP contribution in [0.2, 0.25) is 0 Å². The second kappa shape index (κ2) is 5.44. The topological polar surface area (TPSA) is 29.1 Å². The van der Waals surface area contributed by atoms with E-state index in [-0.39, 0.29) is 15.7 Å². The van der Waals surface area contributed by atoms with E-state index in [9.17, 15) is 18.0 Å². The van der Waals surface area contributed by atoms with Crippen LogP contribution in [0.3, 0.4) is 0 Å². The van der Waals surface area contributed by atoms with Gasteiger partial charge in [0.2, 0.25) is 0 Å². The molecule has 0 saturated heterocycles. The Balaban J connectivity index is 2.26. The highest BCUT2D eigenvalue weighted by atomic mass is 79.9. The van der Waals surface area contributed by atoms with Crippen molar-refractivity contribution in [2.45, 2.75) is 0 Å². The van der Waals surface area contributed by atoms with Crippen LogP contribution in [-0.2, 0) is 0 Å². The smallest absolute Gasteiger partial charge is 0.256 e. The van der Waals surface area contributed by atoms with Crippen LogP contribution in [-0.4, -0.2) is 5.91 Å². The van der Waals surface area contributed by atoms with Crippen molar-refractivity contribution >= 4 is 27.5 Å². The second-order valence-corrected chi connectivity index (χ2v) is 4.48. The maximum absolute atomic E-state index is 13.3. The van der Waals surface area contributed by atoms with Crippen LogP contribution < -0.4 is 5.32 Å². The summed E-state index contributed by atoms with van der Waals surface area (Å²) in [5.41, 5.74) is 0.143. The number of amides is 1. The number of halogens is 4. The Labute approximate surface area is 115 Å². The average molecular weight is 330 g/mol. The first-order chi connectivity index (χ1) is 8.99. The summed E-state index contributed by atoms with van der Waals surface area (Å²) in [6.07, 6.45) is 0. The molecular formula is C13H7BrF3NO. The molecule has 0 aliphatic carbocycles. The van der Waals surface area contributed by atoms with E-state index in [2.05, 4.69) is 21.2 Å². The Morgan fingerprint density at radius 2 is 1.74 bits per heavy atom. The Morgan fingerprint density at radius 1 is 1.00 bits per heavy atom. The average Bonchev–Trinajstić information content (AvgIpc) is 2.37. The fourth-order valence-electron chi connectivity index (χ4n) is 1.45. The lowest BCUT2D eigenvalue weighted by Crippen LogP contribution is -2.13. The maximum atomic E-state index is 13.3. The van der Waals surface area contributed by atoms with Gasteiger partial charge in [-0.15, -0.1) is 0 Å². The first-order valence-corrected chi connectivity index (χ1v) is 5.99. The molecule has 0 bridgehead atoms. The van der Waals surface area contributed by atoms with E-state index in [0.717, 1.165) is 12.1 Å². The molecule has 98 valence electrons. The number of rotatable bonds is 2. The minimum atomic E-state index is -1.07. The summed E-state index contributed by atoms with van der Waals surface area (Å²) in [6, 6.07) is 6.93. The normalized spacial score (nSPS) is 10.3. The van der Waals surface area contributed by atoms with Gasteiger partial charge in [0.05, 0.1) is 10.0 Å². The zero-order valence-corrected chi connectivity index (χ0v) is 11.0. The highest BCUT2D eigenvalue weighted by molar-refractivity contribution is 9.10. The van der Waals surface area contributed by atoms with Gasteiger partial charge in [-0.1, -0.05) is 6.07 Å². The van der Waals surface area contributed by atoms with Crippen LogP contribution in [0.5, 0.6) is 0 Å². The van der Waals surface area contributed by atoms with Crippen LogP contribution in [0, 0.1) is 17.5 Å². The van der Waals surface area contributed by atoms with E-state index in [4.69, 9.17) is 0 Å². The molecule has 1 N–H and O–H groups in total. The lowest BCUT2D eigenvalue weighted by molar-refractivity contribution is 0.102. The number of hydrogen-bond donors (Lipinski definition) is 1. The van der Waals surface area contributed by atoms with E-state index < -0.39 is 23.4 Å². The Kier molecular flexibility index (Phi) is 3.90. The van der Waals surface area contributed by atoms with Crippen LogP contribution in [0.15, 0.2) is 40.9 Å². The molecule has 1 amide bonds. The maximum Gasteiger partial charge on any atom is 0.256 e. The van der Waals surface area contributed by atoms with Crippen molar-refractivity contribution in [2.24, 2.45) is 0 Å². The van der Waals surface area contributed by atoms with Gasteiger partial charge >= 0.3 is 0 Å². The Hall–Kier alpha value is -1.82. The summed E-state index contributed by atoms with van der Waals surface area (Å²) in [5, 5.41) is 2.35. The lowest BCUT2D eigenvalue weighted by atomic mass is 10.2. The van der Waals surface area contributed by atoms with Crippen molar-refractivity contribution in [3.8, 4) is 0 Å². The van der Waals surface area contributed by atoms with Gasteiger partial charge in [0.25, 0.3) is 5.91 Å². The predicted molar refractivity (Wildman–Crippen MR) is 68.4 cm³/mol. The van der Waals surface area contributed by atoms with E-state index in [1.165, 1.54) is 24.3 Å². The van der Waals surface area contributed by atoms with Gasteiger partial charge in [0.1, 0.15) is 5.82 Å². The fraction of sp³-hybridized carbons (Fsp3) is 0. The molecule has 0 aliphatic rings. The van der Waals surface area contributed by atoms with Gasteiger partial charge in [-0.3, -0.25) is 4.79 Å². The van der Waals surface area contributed by atoms with Crippen molar-refractivity contribution in [1.29, 1.82) is 0 Å². The molecule has 6 heteroatoms. The molecule has 0 atom stereocenters. The predicted octanol–water partition coefficient (Wildman–Crippen LogP) is 4.12. The molecule has 2 aromatic carbocycles. The third-order valence-corrected chi connectivity index (χ3v) is 3.18.